The molecule has 0 bridgehead atoms. The predicted octanol–water partition coefficient (Wildman–Crippen LogP) is 2.00. The van der Waals surface area contributed by atoms with Crippen LogP contribution >= 0.6 is 0 Å². The maximum absolute atomic E-state index is 12.3. The molecule has 0 radical (unpaired) electrons. The van der Waals surface area contributed by atoms with Crippen LogP contribution in [0.4, 0.5) is 0 Å². The summed E-state index contributed by atoms with van der Waals surface area (Å²) in [6, 6.07) is 2.13. The molecule has 0 aliphatic heterocycles. The van der Waals surface area contributed by atoms with E-state index in [1.165, 1.54) is 0 Å². The first-order valence-corrected chi connectivity index (χ1v) is 8.62. The molecule has 1 aliphatic carbocycles. The molecule has 5 nitrogen and oxygen atoms in total. The van der Waals surface area contributed by atoms with Gasteiger partial charge in [0, 0.05) is 31.0 Å². The molecule has 1 fully saturated rings. The summed E-state index contributed by atoms with van der Waals surface area (Å²) in [6.07, 6.45) is 4.75. The van der Waals surface area contributed by atoms with Crippen molar-refractivity contribution in [2.75, 3.05) is 6.54 Å². The van der Waals surface area contributed by atoms with E-state index in [2.05, 4.69) is 25.5 Å². The molecule has 1 aromatic heterocycles. The summed E-state index contributed by atoms with van der Waals surface area (Å²) in [5, 5.41) is 0. The quantitative estimate of drug-likeness (QED) is 0.843. The van der Waals surface area contributed by atoms with Crippen LogP contribution in [-0.2, 0) is 16.6 Å². The van der Waals surface area contributed by atoms with E-state index in [9.17, 15) is 8.42 Å². The van der Waals surface area contributed by atoms with E-state index in [0.29, 0.717) is 24.0 Å². The third-order valence-corrected chi connectivity index (χ3v) is 4.96. The second-order valence-electron chi connectivity index (χ2n) is 6.72. The molecule has 1 aromatic rings. The molecule has 0 aromatic carbocycles. The van der Waals surface area contributed by atoms with Gasteiger partial charge < -0.3 is 10.3 Å². The van der Waals surface area contributed by atoms with Gasteiger partial charge >= 0.3 is 0 Å². The van der Waals surface area contributed by atoms with E-state index in [1.54, 1.807) is 12.3 Å². The minimum Gasteiger partial charge on any atom is -0.346 e. The fourth-order valence-electron chi connectivity index (χ4n) is 2.14. The maximum atomic E-state index is 12.3. The number of rotatable bonds is 6. The molecule has 0 unspecified atom stereocenters. The lowest BCUT2D eigenvalue weighted by atomic mass is 9.93. The first kappa shape index (κ1) is 15.5. The van der Waals surface area contributed by atoms with Crippen molar-refractivity contribution in [3.63, 3.8) is 0 Å². The van der Waals surface area contributed by atoms with Gasteiger partial charge in [-0.3, -0.25) is 0 Å². The number of sulfonamides is 1. The minimum atomic E-state index is -3.43. The molecule has 0 saturated heterocycles. The van der Waals surface area contributed by atoms with E-state index < -0.39 is 10.0 Å². The summed E-state index contributed by atoms with van der Waals surface area (Å²) < 4.78 is 29.2. The number of nitrogens with one attached hydrogen (secondary N) is 1. The molecular formula is C14H25N3O2S. The van der Waals surface area contributed by atoms with Crippen LogP contribution < -0.4 is 10.5 Å². The normalized spacial score (nSPS) is 16.6. The highest BCUT2D eigenvalue weighted by molar-refractivity contribution is 7.89. The van der Waals surface area contributed by atoms with Crippen LogP contribution in [0.25, 0.3) is 0 Å². The monoisotopic (exact) mass is 299 g/mol. The van der Waals surface area contributed by atoms with Crippen LogP contribution in [0, 0.1) is 5.41 Å². The molecule has 1 heterocycles. The zero-order valence-corrected chi connectivity index (χ0v) is 13.3. The summed E-state index contributed by atoms with van der Waals surface area (Å²) in [6.45, 7) is 7.11. The van der Waals surface area contributed by atoms with Gasteiger partial charge in [-0.1, -0.05) is 20.8 Å². The molecule has 6 heteroatoms. The van der Waals surface area contributed by atoms with Gasteiger partial charge in [0.1, 0.15) is 0 Å². The van der Waals surface area contributed by atoms with Gasteiger partial charge in [0.15, 0.2) is 0 Å². The lowest BCUT2D eigenvalue weighted by Gasteiger charge is -2.17. The minimum absolute atomic E-state index is 0.116. The standard InChI is InChI=1S/C14H25N3O2S/c1-14(2,3)6-7-16-20(18,19)13-8-12(9-15)17(10-13)11-4-5-11/h8,10-11,16H,4-7,9,15H2,1-3H3. The van der Waals surface area contributed by atoms with Gasteiger partial charge in [0.05, 0.1) is 4.90 Å². The van der Waals surface area contributed by atoms with Crippen molar-refractivity contribution in [1.82, 2.24) is 9.29 Å². The Morgan fingerprint density at radius 3 is 2.55 bits per heavy atom. The lowest BCUT2D eigenvalue weighted by molar-refractivity contribution is 0.378. The molecule has 0 spiro atoms. The van der Waals surface area contributed by atoms with Gasteiger partial charge in [-0.25, -0.2) is 13.1 Å². The van der Waals surface area contributed by atoms with Crippen LogP contribution in [0.3, 0.4) is 0 Å². The average Bonchev–Trinajstić information content (AvgIpc) is 3.06. The Bertz CT molecular complexity index is 566. The second-order valence-corrected chi connectivity index (χ2v) is 8.49. The Kier molecular flexibility index (Phi) is 4.27. The van der Waals surface area contributed by atoms with Crippen molar-refractivity contribution in [1.29, 1.82) is 0 Å². The Hall–Kier alpha value is -0.850. The maximum Gasteiger partial charge on any atom is 0.242 e. The third-order valence-electron chi connectivity index (χ3n) is 3.53. The fourth-order valence-corrected chi connectivity index (χ4v) is 3.22. The van der Waals surface area contributed by atoms with Gasteiger partial charge in [-0.15, -0.1) is 0 Å². The van der Waals surface area contributed by atoms with Gasteiger partial charge in [-0.2, -0.15) is 0 Å². The summed E-state index contributed by atoms with van der Waals surface area (Å²) in [5.41, 5.74) is 6.70. The SMILES string of the molecule is CC(C)(C)CCNS(=O)(=O)c1cc(CN)n(C2CC2)c1. The Labute approximate surface area is 121 Å². The molecule has 114 valence electrons. The highest BCUT2D eigenvalue weighted by Gasteiger charge is 2.27. The molecule has 3 N–H and O–H groups in total. The van der Waals surface area contributed by atoms with Crippen LogP contribution in [-0.4, -0.2) is 19.5 Å². The first-order chi connectivity index (χ1) is 9.23. The van der Waals surface area contributed by atoms with E-state index in [4.69, 9.17) is 5.73 Å². The first-order valence-electron chi connectivity index (χ1n) is 7.13. The number of aromatic nitrogens is 1. The summed E-state index contributed by atoms with van der Waals surface area (Å²) in [4.78, 5) is 0.332. The van der Waals surface area contributed by atoms with Crippen molar-refractivity contribution in [3.8, 4) is 0 Å². The lowest BCUT2D eigenvalue weighted by Crippen LogP contribution is -2.27. The molecule has 0 amide bonds. The van der Waals surface area contributed by atoms with Gasteiger partial charge in [0.25, 0.3) is 0 Å². The van der Waals surface area contributed by atoms with Crippen LogP contribution in [0.2, 0.25) is 0 Å². The van der Waals surface area contributed by atoms with Crippen molar-refractivity contribution in [2.45, 2.75) is 57.5 Å². The third kappa shape index (κ3) is 3.84. The van der Waals surface area contributed by atoms with E-state index >= 15 is 0 Å². The van der Waals surface area contributed by atoms with Gasteiger partial charge in [0.2, 0.25) is 10.0 Å². The van der Waals surface area contributed by atoms with E-state index in [-0.39, 0.29) is 5.41 Å². The molecule has 1 aliphatic rings. The number of hydrogen-bond acceptors (Lipinski definition) is 3. The van der Waals surface area contributed by atoms with Crippen LogP contribution in [0.15, 0.2) is 17.2 Å². The Balaban J connectivity index is 2.09. The summed E-state index contributed by atoms with van der Waals surface area (Å²) in [5.74, 6) is 0. The van der Waals surface area contributed by atoms with Gasteiger partial charge in [-0.05, 0) is 30.7 Å². The number of nitrogens with zero attached hydrogens (tertiary/aromatic N) is 1. The largest absolute Gasteiger partial charge is 0.346 e. The number of nitrogens with two attached hydrogens (primary N) is 1. The van der Waals surface area contributed by atoms with Crippen molar-refractivity contribution in [3.05, 3.63) is 18.0 Å². The summed E-state index contributed by atoms with van der Waals surface area (Å²) >= 11 is 0. The van der Waals surface area contributed by atoms with Crippen molar-refractivity contribution < 1.29 is 8.42 Å². The molecule has 1 saturated carbocycles. The van der Waals surface area contributed by atoms with E-state index in [1.807, 2.05) is 4.57 Å². The Morgan fingerprint density at radius 1 is 1.40 bits per heavy atom. The zero-order chi connectivity index (χ0) is 15.0. The molecular weight excluding hydrogens is 274 g/mol. The number of hydrogen-bond donors (Lipinski definition) is 2. The molecule has 20 heavy (non-hydrogen) atoms. The zero-order valence-electron chi connectivity index (χ0n) is 12.5. The Morgan fingerprint density at radius 2 is 2.05 bits per heavy atom. The average molecular weight is 299 g/mol. The fraction of sp³-hybridized carbons (Fsp3) is 0.714. The predicted molar refractivity (Wildman–Crippen MR) is 79.9 cm³/mol. The summed E-state index contributed by atoms with van der Waals surface area (Å²) in [7, 11) is -3.43. The second kappa shape index (κ2) is 5.50. The highest BCUT2D eigenvalue weighted by atomic mass is 32.2. The van der Waals surface area contributed by atoms with Crippen LogP contribution in [0.5, 0.6) is 0 Å². The highest BCUT2D eigenvalue weighted by Crippen LogP contribution is 2.37. The van der Waals surface area contributed by atoms with Crippen molar-refractivity contribution in [2.24, 2.45) is 11.1 Å². The topological polar surface area (TPSA) is 77.1 Å². The van der Waals surface area contributed by atoms with Crippen LogP contribution in [0.1, 0.15) is 51.8 Å². The van der Waals surface area contributed by atoms with Crippen molar-refractivity contribution >= 4 is 10.0 Å². The molecule has 2 rings (SSSR count). The molecule has 0 atom stereocenters. The smallest absolute Gasteiger partial charge is 0.242 e. The van der Waals surface area contributed by atoms with E-state index in [0.717, 1.165) is 25.0 Å².